The van der Waals surface area contributed by atoms with Crippen LogP contribution in [0.15, 0.2) is 42.5 Å². The third-order valence-corrected chi connectivity index (χ3v) is 3.57. The van der Waals surface area contributed by atoms with Crippen LogP contribution in [0.25, 0.3) is 0 Å². The predicted molar refractivity (Wildman–Crippen MR) is 79.9 cm³/mol. The lowest BCUT2D eigenvalue weighted by atomic mass is 9.98. The van der Waals surface area contributed by atoms with Crippen molar-refractivity contribution in [1.29, 1.82) is 0 Å². The van der Waals surface area contributed by atoms with E-state index in [-0.39, 0.29) is 17.5 Å². The Kier molecular flexibility index (Phi) is 5.11. The van der Waals surface area contributed by atoms with Gasteiger partial charge in [-0.2, -0.15) is 0 Å². The van der Waals surface area contributed by atoms with Gasteiger partial charge in [0.2, 0.25) is 0 Å². The van der Waals surface area contributed by atoms with Crippen LogP contribution in [0.3, 0.4) is 0 Å². The summed E-state index contributed by atoms with van der Waals surface area (Å²) in [6, 6.07) is 10.0. The van der Waals surface area contributed by atoms with Gasteiger partial charge in [0.15, 0.2) is 0 Å². The highest BCUT2D eigenvalue weighted by Crippen LogP contribution is 2.25. The Morgan fingerprint density at radius 1 is 1.23 bits per heavy atom. The number of benzene rings is 2. The summed E-state index contributed by atoms with van der Waals surface area (Å²) in [6.07, 6.45) is -3.54. The molecule has 2 aromatic carbocycles. The lowest BCUT2D eigenvalue weighted by Gasteiger charge is -2.17. The first-order valence-electron chi connectivity index (χ1n) is 6.55. The predicted octanol–water partition coefficient (Wildman–Crippen LogP) is 3.19. The third-order valence-electron chi connectivity index (χ3n) is 3.31. The minimum Gasteiger partial charge on any atom is -0.385 e. The summed E-state index contributed by atoms with van der Waals surface area (Å²) in [6.45, 7) is 0. The summed E-state index contributed by atoms with van der Waals surface area (Å²) >= 11 is 5.72. The molecule has 2 unspecified atom stereocenters. The van der Waals surface area contributed by atoms with Crippen molar-refractivity contribution >= 4 is 17.5 Å². The largest absolute Gasteiger partial charge is 0.385 e. The van der Waals surface area contributed by atoms with E-state index in [0.29, 0.717) is 10.6 Å². The lowest BCUT2D eigenvalue weighted by molar-refractivity contribution is 0.0772. The molecule has 3 nitrogen and oxygen atoms in total. The van der Waals surface area contributed by atoms with Gasteiger partial charge in [0, 0.05) is 11.4 Å². The molecule has 0 bridgehead atoms. The topological polar surface area (TPSA) is 63.3 Å². The van der Waals surface area contributed by atoms with Crippen LogP contribution in [-0.2, 0) is 6.42 Å². The van der Waals surface area contributed by atoms with Crippen molar-refractivity contribution in [2.75, 3.05) is 0 Å². The van der Waals surface area contributed by atoms with Gasteiger partial charge in [0.25, 0.3) is 5.91 Å². The molecule has 0 fully saturated rings. The molecular weight excluding hydrogens is 312 g/mol. The molecule has 0 radical (unpaired) electrons. The van der Waals surface area contributed by atoms with Crippen molar-refractivity contribution in [1.82, 2.24) is 0 Å². The monoisotopic (exact) mass is 325 g/mol. The van der Waals surface area contributed by atoms with E-state index in [1.54, 1.807) is 0 Å². The molecule has 116 valence electrons. The highest BCUT2D eigenvalue weighted by atomic mass is 35.5. The summed E-state index contributed by atoms with van der Waals surface area (Å²) in [5, 5.41) is 10.4. The smallest absolute Gasteiger partial charge is 0.251 e. The molecule has 2 aromatic rings. The molecule has 0 aromatic heterocycles. The van der Waals surface area contributed by atoms with Crippen molar-refractivity contribution in [2.45, 2.75) is 18.7 Å². The molecule has 22 heavy (non-hydrogen) atoms. The summed E-state index contributed by atoms with van der Waals surface area (Å²) in [7, 11) is 0. The second kappa shape index (κ2) is 6.85. The van der Waals surface area contributed by atoms with Gasteiger partial charge in [-0.1, -0.05) is 35.9 Å². The maximum atomic E-state index is 14.2. The van der Waals surface area contributed by atoms with Crippen LogP contribution >= 0.6 is 11.6 Å². The van der Waals surface area contributed by atoms with Crippen LogP contribution < -0.4 is 5.73 Å². The maximum absolute atomic E-state index is 14.2. The number of halogens is 3. The molecule has 0 aliphatic rings. The summed E-state index contributed by atoms with van der Waals surface area (Å²) in [5.41, 5.74) is 5.06. The van der Waals surface area contributed by atoms with E-state index >= 15 is 0 Å². The zero-order valence-electron chi connectivity index (χ0n) is 11.5. The molecule has 0 aliphatic carbocycles. The second-order valence-corrected chi connectivity index (χ2v) is 5.30. The van der Waals surface area contributed by atoms with E-state index in [1.165, 1.54) is 42.5 Å². The summed E-state index contributed by atoms with van der Waals surface area (Å²) < 4.78 is 28.3. The first-order chi connectivity index (χ1) is 10.4. The number of nitrogens with two attached hydrogens (primary N) is 1. The Morgan fingerprint density at radius 3 is 2.45 bits per heavy atom. The highest BCUT2D eigenvalue weighted by molar-refractivity contribution is 6.30. The van der Waals surface area contributed by atoms with Crippen LogP contribution in [0.1, 0.15) is 27.6 Å². The first-order valence-corrected chi connectivity index (χ1v) is 6.92. The highest BCUT2D eigenvalue weighted by Gasteiger charge is 2.23. The number of rotatable bonds is 5. The van der Waals surface area contributed by atoms with Gasteiger partial charge < -0.3 is 10.8 Å². The molecule has 2 atom stereocenters. The number of carbonyl (C=O) groups is 1. The van der Waals surface area contributed by atoms with Gasteiger partial charge in [0.05, 0.1) is 5.56 Å². The number of carbonyl (C=O) groups excluding carboxylic acids is 1. The van der Waals surface area contributed by atoms with Crippen molar-refractivity contribution in [3.05, 3.63) is 70.0 Å². The Hall–Kier alpha value is -1.98. The number of aliphatic hydroxyl groups is 1. The zero-order valence-corrected chi connectivity index (χ0v) is 12.2. The van der Waals surface area contributed by atoms with Gasteiger partial charge >= 0.3 is 0 Å². The van der Waals surface area contributed by atoms with E-state index < -0.39 is 24.0 Å². The fourth-order valence-electron chi connectivity index (χ4n) is 2.12. The molecule has 0 saturated carbocycles. The van der Waals surface area contributed by atoms with Crippen molar-refractivity contribution < 1.29 is 18.7 Å². The SMILES string of the molecule is NC(=O)c1cccc(CC(F)C(O)c2ccc(Cl)cc2)c1F. The van der Waals surface area contributed by atoms with Gasteiger partial charge in [-0.25, -0.2) is 8.78 Å². The number of alkyl halides is 1. The summed E-state index contributed by atoms with van der Waals surface area (Å²) in [4.78, 5) is 11.1. The van der Waals surface area contributed by atoms with Crippen molar-refractivity contribution in [2.24, 2.45) is 5.73 Å². The molecule has 0 heterocycles. The van der Waals surface area contributed by atoms with E-state index in [1.807, 2.05) is 0 Å². The van der Waals surface area contributed by atoms with Gasteiger partial charge in [0.1, 0.15) is 18.1 Å². The Balaban J connectivity index is 2.18. The Morgan fingerprint density at radius 2 is 1.86 bits per heavy atom. The van der Waals surface area contributed by atoms with E-state index in [9.17, 15) is 18.7 Å². The molecular formula is C16H14ClF2NO2. The standard InChI is InChI=1S/C16H14ClF2NO2/c17-11-6-4-9(5-7-11)15(21)13(18)8-10-2-1-3-12(14(10)19)16(20)22/h1-7,13,15,21H,8H2,(H2,20,22). The van der Waals surface area contributed by atoms with E-state index in [2.05, 4.69) is 0 Å². The number of amides is 1. The molecule has 1 amide bonds. The van der Waals surface area contributed by atoms with E-state index in [0.717, 1.165) is 0 Å². The first kappa shape index (κ1) is 16.4. The molecule has 6 heteroatoms. The van der Waals surface area contributed by atoms with Crippen molar-refractivity contribution in [3.63, 3.8) is 0 Å². The van der Waals surface area contributed by atoms with Gasteiger partial charge in [-0.3, -0.25) is 4.79 Å². The Bertz CT molecular complexity index is 676. The molecule has 0 aliphatic heterocycles. The average molecular weight is 326 g/mol. The second-order valence-electron chi connectivity index (χ2n) is 4.86. The number of aliphatic hydroxyl groups excluding tert-OH is 1. The fourth-order valence-corrected chi connectivity index (χ4v) is 2.24. The number of hydrogen-bond acceptors (Lipinski definition) is 2. The molecule has 2 rings (SSSR count). The van der Waals surface area contributed by atoms with Crippen LogP contribution in [0.4, 0.5) is 8.78 Å². The van der Waals surface area contributed by atoms with Crippen LogP contribution in [0, 0.1) is 5.82 Å². The molecule has 0 saturated heterocycles. The maximum Gasteiger partial charge on any atom is 0.251 e. The van der Waals surface area contributed by atoms with E-state index in [4.69, 9.17) is 17.3 Å². The number of primary amides is 1. The summed E-state index contributed by atoms with van der Waals surface area (Å²) in [5.74, 6) is -1.78. The minimum absolute atomic E-state index is 0.0168. The lowest BCUT2D eigenvalue weighted by Crippen LogP contribution is -2.19. The average Bonchev–Trinajstić information content (AvgIpc) is 2.49. The fraction of sp³-hybridized carbons (Fsp3) is 0.188. The molecule has 3 N–H and O–H groups in total. The minimum atomic E-state index is -1.74. The third kappa shape index (κ3) is 3.61. The van der Waals surface area contributed by atoms with Crippen molar-refractivity contribution in [3.8, 4) is 0 Å². The zero-order chi connectivity index (χ0) is 16.3. The van der Waals surface area contributed by atoms with Crippen LogP contribution in [-0.4, -0.2) is 17.2 Å². The van der Waals surface area contributed by atoms with Gasteiger partial charge in [-0.05, 0) is 29.3 Å². The quantitative estimate of drug-likeness (QED) is 0.886. The van der Waals surface area contributed by atoms with Crippen LogP contribution in [0.5, 0.6) is 0 Å². The van der Waals surface area contributed by atoms with Crippen LogP contribution in [0.2, 0.25) is 5.02 Å². The van der Waals surface area contributed by atoms with Gasteiger partial charge in [-0.15, -0.1) is 0 Å². The normalized spacial score (nSPS) is 13.6. The Labute approximate surface area is 131 Å². The number of hydrogen-bond donors (Lipinski definition) is 2. The molecule has 0 spiro atoms.